The number of anilines is 2. The molecule has 56 heavy (non-hydrogen) atoms. The third-order valence-corrected chi connectivity index (χ3v) is 11.5. The number of urea groups is 2. The molecule has 0 radical (unpaired) electrons. The van der Waals surface area contributed by atoms with Crippen molar-refractivity contribution in [2.45, 2.75) is 62.7 Å². The minimum absolute atomic E-state index is 0.158. The van der Waals surface area contributed by atoms with Gasteiger partial charge in [-0.25, -0.2) is 24.0 Å². The quantitative estimate of drug-likeness (QED) is 0.0844. The first-order valence-electron chi connectivity index (χ1n) is 18.7. The summed E-state index contributed by atoms with van der Waals surface area (Å²) in [6.07, 6.45) is 8.24. The monoisotopic (exact) mass is 816 g/mol. The van der Waals surface area contributed by atoms with Crippen molar-refractivity contribution >= 4 is 80.0 Å². The van der Waals surface area contributed by atoms with Gasteiger partial charge in [0.05, 0.1) is 45.6 Å². The highest BCUT2D eigenvalue weighted by Gasteiger charge is 2.45. The SMILES string of the molecule is O=C(Nc1ccc2[nH]ncc2c1)N(C(c1cc(F)cc(Cl)c1)[C@@H]1CCCCN1)N(C(=O)Nc1ccc2[nH]ncc2c1)C(c1ccc(Cl)c(Cl)c1)[C@@H]1CCCCN1. The second kappa shape index (κ2) is 16.7. The molecule has 0 aliphatic carbocycles. The minimum atomic E-state index is -0.933. The molecule has 4 aromatic carbocycles. The maximum atomic E-state index is 15.5. The largest absolute Gasteiger partial charge is 0.341 e. The number of halogens is 4. The number of nitrogens with one attached hydrogen (secondary N) is 6. The van der Waals surface area contributed by atoms with E-state index in [0.717, 1.165) is 47.5 Å². The molecule has 290 valence electrons. The van der Waals surface area contributed by atoms with Crippen LogP contribution in [0.5, 0.6) is 0 Å². The van der Waals surface area contributed by atoms with E-state index >= 15 is 14.0 Å². The van der Waals surface area contributed by atoms with E-state index in [1.807, 2.05) is 18.2 Å². The molecule has 4 atom stereocenters. The Kier molecular flexibility index (Phi) is 11.3. The van der Waals surface area contributed by atoms with Crippen molar-refractivity contribution in [1.29, 1.82) is 0 Å². The maximum absolute atomic E-state index is 15.5. The normalized spacial score (nSPS) is 18.4. The van der Waals surface area contributed by atoms with Crippen LogP contribution in [-0.2, 0) is 0 Å². The second-order valence-corrected chi connectivity index (χ2v) is 15.5. The molecule has 0 spiro atoms. The third kappa shape index (κ3) is 8.14. The lowest BCUT2D eigenvalue weighted by molar-refractivity contribution is -0.0341. The average Bonchev–Trinajstić information content (AvgIpc) is 3.87. The van der Waals surface area contributed by atoms with Crippen LogP contribution in [-0.4, -0.2) is 67.6 Å². The van der Waals surface area contributed by atoms with Crippen LogP contribution in [0.15, 0.2) is 85.2 Å². The summed E-state index contributed by atoms with van der Waals surface area (Å²) in [5, 5.41) is 32.8. The lowest BCUT2D eigenvalue weighted by Gasteiger charge is -2.49. The van der Waals surface area contributed by atoms with E-state index < -0.39 is 36.0 Å². The van der Waals surface area contributed by atoms with E-state index in [2.05, 4.69) is 41.7 Å². The van der Waals surface area contributed by atoms with Crippen molar-refractivity contribution in [3.8, 4) is 0 Å². The number of aromatic nitrogens is 4. The van der Waals surface area contributed by atoms with Gasteiger partial charge in [0.15, 0.2) is 0 Å². The van der Waals surface area contributed by atoms with Crippen LogP contribution in [0.1, 0.15) is 61.7 Å². The third-order valence-electron chi connectivity index (χ3n) is 10.5. The maximum Gasteiger partial charge on any atom is 0.341 e. The van der Waals surface area contributed by atoms with Crippen LogP contribution in [0.25, 0.3) is 21.8 Å². The Morgan fingerprint density at radius 3 is 1.71 bits per heavy atom. The van der Waals surface area contributed by atoms with Crippen molar-refractivity contribution in [1.82, 2.24) is 41.0 Å². The molecular weight excluding hydrogens is 778 g/mol. The standard InChI is InChI=1S/C40H40Cl3FN10O2/c41-27-15-24(16-28(44)20-27)38(36-6-2-4-14-46-36)54(40(56)50-30-9-12-34-26(18-30)22-48-52-34)53(39(55)49-29-8-11-33-25(17-29)21-47-51-33)37(35-5-1-3-13-45-35)23-7-10-31(42)32(43)19-23/h7-12,15-22,35-38,45-46H,1-6,13-14H2,(H,47,51)(H,48,52)(H,49,55)(H,50,56)/t35-,36-,37?,38?/m0/s1. The zero-order valence-electron chi connectivity index (χ0n) is 30.2. The second-order valence-electron chi connectivity index (χ2n) is 14.3. The number of aromatic amines is 2. The highest BCUT2D eigenvalue weighted by Crippen LogP contribution is 2.40. The predicted molar refractivity (Wildman–Crippen MR) is 219 cm³/mol. The lowest BCUT2D eigenvalue weighted by Crippen LogP contribution is -2.62. The number of H-pyrrole nitrogens is 2. The fraction of sp³-hybridized carbons (Fsp3) is 0.300. The Morgan fingerprint density at radius 1 is 0.661 bits per heavy atom. The Bertz CT molecular complexity index is 2340. The summed E-state index contributed by atoms with van der Waals surface area (Å²) in [7, 11) is 0. The molecule has 4 heterocycles. The lowest BCUT2D eigenvalue weighted by atomic mass is 9.90. The molecular formula is C40H40Cl3FN10O2. The molecule has 4 amide bonds. The first-order chi connectivity index (χ1) is 27.2. The fourth-order valence-electron chi connectivity index (χ4n) is 7.95. The van der Waals surface area contributed by atoms with Gasteiger partial charge in [0.25, 0.3) is 0 Å². The molecule has 2 aliphatic heterocycles. The molecule has 2 aromatic heterocycles. The van der Waals surface area contributed by atoms with Crippen LogP contribution in [0.4, 0.5) is 25.4 Å². The summed E-state index contributed by atoms with van der Waals surface area (Å²) in [6.45, 7) is 1.35. The van der Waals surface area contributed by atoms with E-state index in [1.165, 1.54) is 22.2 Å². The number of nitrogens with zero attached hydrogens (tertiary/aromatic N) is 4. The highest BCUT2D eigenvalue weighted by atomic mass is 35.5. The minimum Gasteiger partial charge on any atom is -0.312 e. The Labute approximate surface area is 337 Å². The van der Waals surface area contributed by atoms with Gasteiger partial charge in [-0.2, -0.15) is 10.2 Å². The zero-order chi connectivity index (χ0) is 38.8. The van der Waals surface area contributed by atoms with Crippen LogP contribution in [0, 0.1) is 5.82 Å². The van der Waals surface area contributed by atoms with Gasteiger partial charge in [-0.1, -0.05) is 53.7 Å². The van der Waals surface area contributed by atoms with Crippen molar-refractivity contribution in [3.05, 3.63) is 117 Å². The first kappa shape index (κ1) is 38.0. The number of hydrogen-bond donors (Lipinski definition) is 6. The number of fused-ring (bicyclic) bond motifs is 2. The van der Waals surface area contributed by atoms with Crippen LogP contribution >= 0.6 is 34.8 Å². The molecule has 0 saturated carbocycles. The van der Waals surface area contributed by atoms with Crippen molar-refractivity contribution in [2.24, 2.45) is 0 Å². The Balaban J connectivity index is 1.34. The number of piperidine rings is 2. The summed E-state index contributed by atoms with van der Waals surface area (Å²) in [5.41, 5.74) is 3.58. The average molecular weight is 818 g/mol. The Morgan fingerprint density at radius 2 is 1.21 bits per heavy atom. The molecule has 6 N–H and O–H groups in total. The molecule has 0 bridgehead atoms. The van der Waals surface area contributed by atoms with Crippen molar-refractivity contribution < 1.29 is 14.0 Å². The molecule has 2 saturated heterocycles. The molecule has 2 unspecified atom stereocenters. The van der Waals surface area contributed by atoms with Gasteiger partial charge in [-0.05, 0) is 117 Å². The van der Waals surface area contributed by atoms with Gasteiger partial charge in [0.1, 0.15) is 5.82 Å². The van der Waals surface area contributed by atoms with E-state index in [4.69, 9.17) is 34.8 Å². The molecule has 2 aliphatic rings. The smallest absolute Gasteiger partial charge is 0.312 e. The first-order valence-corrected chi connectivity index (χ1v) is 19.8. The number of rotatable bonds is 8. The van der Waals surface area contributed by atoms with Gasteiger partial charge < -0.3 is 21.3 Å². The van der Waals surface area contributed by atoms with Crippen LogP contribution in [0.2, 0.25) is 15.1 Å². The van der Waals surface area contributed by atoms with E-state index in [-0.39, 0.29) is 11.1 Å². The summed E-state index contributed by atoms with van der Waals surface area (Å²) in [4.78, 5) is 30.9. The van der Waals surface area contributed by atoms with E-state index in [1.54, 1.807) is 54.9 Å². The Hall–Kier alpha value is -4.92. The topological polar surface area (TPSA) is 146 Å². The summed E-state index contributed by atoms with van der Waals surface area (Å²) >= 11 is 19.7. The van der Waals surface area contributed by atoms with Crippen LogP contribution in [0.3, 0.4) is 0 Å². The molecule has 16 heteroatoms. The number of hydrogen-bond acceptors (Lipinski definition) is 6. The van der Waals surface area contributed by atoms with Crippen molar-refractivity contribution in [3.63, 3.8) is 0 Å². The van der Waals surface area contributed by atoms with Gasteiger partial charge in [0.2, 0.25) is 0 Å². The number of carbonyl (C=O) groups excluding carboxylic acids is 2. The number of hydrazine groups is 1. The summed E-state index contributed by atoms with van der Waals surface area (Å²) in [5.74, 6) is -0.571. The van der Waals surface area contributed by atoms with Gasteiger partial charge in [0, 0.05) is 39.3 Å². The number of carbonyl (C=O) groups is 2. The van der Waals surface area contributed by atoms with E-state index in [9.17, 15) is 0 Å². The number of amides is 4. The van der Waals surface area contributed by atoms with Gasteiger partial charge >= 0.3 is 12.1 Å². The highest BCUT2D eigenvalue weighted by molar-refractivity contribution is 6.42. The van der Waals surface area contributed by atoms with Gasteiger partial charge in [-0.15, -0.1) is 0 Å². The van der Waals surface area contributed by atoms with E-state index in [0.29, 0.717) is 58.5 Å². The molecule has 6 aromatic rings. The molecule has 2 fully saturated rings. The zero-order valence-corrected chi connectivity index (χ0v) is 32.4. The molecule has 8 rings (SSSR count). The summed E-state index contributed by atoms with van der Waals surface area (Å²) in [6, 6.07) is 16.5. The van der Waals surface area contributed by atoms with Crippen LogP contribution < -0.4 is 21.3 Å². The predicted octanol–water partition coefficient (Wildman–Crippen LogP) is 9.59. The number of benzene rings is 4. The summed E-state index contributed by atoms with van der Waals surface area (Å²) < 4.78 is 15.5. The van der Waals surface area contributed by atoms with Gasteiger partial charge in [-0.3, -0.25) is 10.2 Å². The van der Waals surface area contributed by atoms with Crippen molar-refractivity contribution in [2.75, 3.05) is 23.7 Å². The fourth-order valence-corrected chi connectivity index (χ4v) is 8.48. The molecule has 12 nitrogen and oxygen atoms in total.